The Morgan fingerprint density at radius 2 is 2.18 bits per heavy atom. The van der Waals surface area contributed by atoms with Crippen LogP contribution in [0, 0.1) is 0 Å². The average Bonchev–Trinajstić information content (AvgIpc) is 1.88. The summed E-state index contributed by atoms with van der Waals surface area (Å²) in [5, 5.41) is 17.9. The van der Waals surface area contributed by atoms with E-state index >= 15 is 0 Å². The molecule has 66 valence electrons. The molecule has 0 aliphatic rings. The van der Waals surface area contributed by atoms with Crippen LogP contribution < -0.4 is 0 Å². The third-order valence-corrected chi connectivity index (χ3v) is 1.44. The van der Waals surface area contributed by atoms with Gasteiger partial charge in [-0.25, -0.2) is 4.79 Å². The van der Waals surface area contributed by atoms with E-state index < -0.39 is 11.6 Å². The molecule has 0 aliphatic heterocycles. The second-order valence-corrected chi connectivity index (χ2v) is 2.52. The van der Waals surface area contributed by atoms with Crippen molar-refractivity contribution in [2.45, 2.75) is 25.4 Å². The molecule has 0 aromatic heterocycles. The number of carbonyl (C=O) groups is 1. The van der Waals surface area contributed by atoms with Crippen LogP contribution in [-0.4, -0.2) is 35.5 Å². The van der Waals surface area contributed by atoms with Crippen LogP contribution in [0.4, 0.5) is 0 Å². The maximum Gasteiger partial charge on any atom is 0.338 e. The van der Waals surface area contributed by atoms with E-state index in [0.717, 1.165) is 0 Å². The van der Waals surface area contributed by atoms with Gasteiger partial charge in [-0.3, -0.25) is 0 Å². The molecule has 0 aliphatic carbocycles. The van der Waals surface area contributed by atoms with Gasteiger partial charge in [0.05, 0.1) is 6.61 Å². The molecule has 11 heavy (non-hydrogen) atoms. The molecule has 0 heterocycles. The van der Waals surface area contributed by atoms with Gasteiger partial charge in [-0.1, -0.05) is 13.3 Å². The summed E-state index contributed by atoms with van der Waals surface area (Å²) in [5.41, 5.74) is -1.70. The first-order valence-electron chi connectivity index (χ1n) is 3.51. The van der Waals surface area contributed by atoms with E-state index in [2.05, 4.69) is 4.74 Å². The predicted molar refractivity (Wildman–Crippen MR) is 39.4 cm³/mol. The van der Waals surface area contributed by atoms with Crippen molar-refractivity contribution in [3.05, 3.63) is 0 Å². The standard InChI is InChI=1S/C7H14O4/c1-3-4-7(10,5-11-2)6(8)9/h10H,3-5H2,1-2H3,(H,8,9). The van der Waals surface area contributed by atoms with Crippen molar-refractivity contribution in [1.82, 2.24) is 0 Å². The van der Waals surface area contributed by atoms with Crippen molar-refractivity contribution in [1.29, 1.82) is 0 Å². The molecule has 0 rings (SSSR count). The van der Waals surface area contributed by atoms with Crippen LogP contribution >= 0.6 is 0 Å². The second kappa shape index (κ2) is 4.31. The lowest BCUT2D eigenvalue weighted by molar-refractivity contribution is -0.165. The lowest BCUT2D eigenvalue weighted by Crippen LogP contribution is -2.42. The quantitative estimate of drug-likeness (QED) is 0.608. The Balaban J connectivity index is 4.13. The predicted octanol–water partition coefficient (Wildman–Crippen LogP) is 0.249. The molecule has 0 fully saturated rings. The van der Waals surface area contributed by atoms with Crippen molar-refractivity contribution in [3.8, 4) is 0 Å². The van der Waals surface area contributed by atoms with Gasteiger partial charge >= 0.3 is 5.97 Å². The van der Waals surface area contributed by atoms with Crippen LogP contribution in [0.2, 0.25) is 0 Å². The molecule has 0 amide bonds. The van der Waals surface area contributed by atoms with E-state index in [9.17, 15) is 9.90 Å². The molecule has 0 saturated carbocycles. The lowest BCUT2D eigenvalue weighted by Gasteiger charge is -2.21. The van der Waals surface area contributed by atoms with Gasteiger partial charge in [-0.15, -0.1) is 0 Å². The second-order valence-electron chi connectivity index (χ2n) is 2.52. The number of hydrogen-bond donors (Lipinski definition) is 2. The average molecular weight is 162 g/mol. The number of aliphatic carboxylic acids is 1. The van der Waals surface area contributed by atoms with Crippen molar-refractivity contribution in [2.75, 3.05) is 13.7 Å². The van der Waals surface area contributed by atoms with E-state index in [1.54, 1.807) is 0 Å². The molecule has 0 spiro atoms. The van der Waals surface area contributed by atoms with Gasteiger partial charge in [0, 0.05) is 7.11 Å². The zero-order valence-corrected chi connectivity index (χ0v) is 6.83. The van der Waals surface area contributed by atoms with E-state index in [1.165, 1.54) is 7.11 Å². The fourth-order valence-corrected chi connectivity index (χ4v) is 0.893. The van der Waals surface area contributed by atoms with Crippen LogP contribution in [0.15, 0.2) is 0 Å². The molecular weight excluding hydrogens is 148 g/mol. The maximum atomic E-state index is 10.5. The van der Waals surface area contributed by atoms with Crippen LogP contribution in [0.25, 0.3) is 0 Å². The summed E-state index contributed by atoms with van der Waals surface area (Å²) in [4.78, 5) is 10.5. The highest BCUT2D eigenvalue weighted by molar-refractivity contribution is 5.77. The Labute approximate surface area is 65.8 Å². The van der Waals surface area contributed by atoms with Gasteiger partial charge in [-0.2, -0.15) is 0 Å². The number of methoxy groups -OCH3 is 1. The van der Waals surface area contributed by atoms with Crippen molar-refractivity contribution in [2.24, 2.45) is 0 Å². The number of ether oxygens (including phenoxy) is 1. The van der Waals surface area contributed by atoms with Gasteiger partial charge in [0.2, 0.25) is 0 Å². The number of carboxylic acids is 1. The largest absolute Gasteiger partial charge is 0.479 e. The van der Waals surface area contributed by atoms with Crippen molar-refractivity contribution < 1.29 is 19.7 Å². The fraction of sp³-hybridized carbons (Fsp3) is 0.857. The highest BCUT2D eigenvalue weighted by atomic mass is 16.5. The molecule has 2 N–H and O–H groups in total. The van der Waals surface area contributed by atoms with Crippen LogP contribution in [0.5, 0.6) is 0 Å². The molecule has 0 saturated heterocycles. The molecule has 0 aromatic rings. The summed E-state index contributed by atoms with van der Waals surface area (Å²) in [6, 6.07) is 0. The smallest absolute Gasteiger partial charge is 0.338 e. The first-order chi connectivity index (χ1) is 5.06. The van der Waals surface area contributed by atoms with Crippen molar-refractivity contribution in [3.63, 3.8) is 0 Å². The van der Waals surface area contributed by atoms with Crippen molar-refractivity contribution >= 4 is 5.97 Å². The zero-order chi connectivity index (χ0) is 8.91. The Kier molecular flexibility index (Phi) is 4.07. The minimum atomic E-state index is -1.70. The summed E-state index contributed by atoms with van der Waals surface area (Å²) >= 11 is 0. The molecule has 1 atom stereocenters. The fourth-order valence-electron chi connectivity index (χ4n) is 0.893. The topological polar surface area (TPSA) is 66.8 Å². The minimum Gasteiger partial charge on any atom is -0.479 e. The maximum absolute atomic E-state index is 10.5. The van der Waals surface area contributed by atoms with Crippen LogP contribution in [0.1, 0.15) is 19.8 Å². The van der Waals surface area contributed by atoms with E-state index in [1.807, 2.05) is 6.92 Å². The molecule has 1 unspecified atom stereocenters. The summed E-state index contributed by atoms with van der Waals surface area (Å²) in [5.74, 6) is -1.22. The number of aliphatic hydroxyl groups is 1. The Hall–Kier alpha value is -0.610. The number of hydrogen-bond acceptors (Lipinski definition) is 3. The van der Waals surface area contributed by atoms with Gasteiger partial charge in [0.25, 0.3) is 0 Å². The van der Waals surface area contributed by atoms with Gasteiger partial charge in [-0.05, 0) is 6.42 Å². The molecule has 0 bridgehead atoms. The van der Waals surface area contributed by atoms with Gasteiger partial charge in [0.1, 0.15) is 0 Å². The monoisotopic (exact) mass is 162 g/mol. The van der Waals surface area contributed by atoms with Gasteiger partial charge < -0.3 is 14.9 Å². The van der Waals surface area contributed by atoms with E-state index in [0.29, 0.717) is 6.42 Å². The third kappa shape index (κ3) is 2.86. The zero-order valence-electron chi connectivity index (χ0n) is 6.83. The molecule has 4 heteroatoms. The summed E-state index contributed by atoms with van der Waals surface area (Å²) < 4.78 is 4.59. The molecular formula is C7H14O4. The number of carboxylic acid groups (broad SMARTS) is 1. The summed E-state index contributed by atoms with van der Waals surface area (Å²) in [6.45, 7) is 1.65. The minimum absolute atomic E-state index is 0.157. The Bertz CT molecular complexity index is 126. The van der Waals surface area contributed by atoms with E-state index in [4.69, 9.17) is 5.11 Å². The van der Waals surface area contributed by atoms with Crippen LogP contribution in [-0.2, 0) is 9.53 Å². The van der Waals surface area contributed by atoms with Gasteiger partial charge in [0.15, 0.2) is 5.60 Å². The molecule has 0 radical (unpaired) electrons. The Morgan fingerprint density at radius 1 is 1.64 bits per heavy atom. The lowest BCUT2D eigenvalue weighted by atomic mass is 10.00. The highest BCUT2D eigenvalue weighted by Crippen LogP contribution is 2.12. The van der Waals surface area contributed by atoms with Crippen LogP contribution in [0.3, 0.4) is 0 Å². The third-order valence-electron chi connectivity index (χ3n) is 1.44. The number of rotatable bonds is 5. The SMILES string of the molecule is CCCC(O)(COC)C(=O)O. The highest BCUT2D eigenvalue weighted by Gasteiger charge is 2.34. The Morgan fingerprint density at radius 3 is 2.45 bits per heavy atom. The first-order valence-corrected chi connectivity index (χ1v) is 3.51. The molecule has 4 nitrogen and oxygen atoms in total. The first kappa shape index (κ1) is 10.4. The summed E-state index contributed by atoms with van der Waals surface area (Å²) in [7, 11) is 1.36. The van der Waals surface area contributed by atoms with E-state index in [-0.39, 0.29) is 13.0 Å². The summed E-state index contributed by atoms with van der Waals surface area (Å²) in [6.07, 6.45) is 0.836. The molecule has 0 aromatic carbocycles. The normalized spacial score (nSPS) is 15.9.